The van der Waals surface area contributed by atoms with E-state index in [2.05, 4.69) is 18.3 Å². The van der Waals surface area contributed by atoms with E-state index in [1.807, 2.05) is 97.1 Å². The summed E-state index contributed by atoms with van der Waals surface area (Å²) in [7, 11) is 0. The molecule has 0 saturated carbocycles. The lowest BCUT2D eigenvalue weighted by Crippen LogP contribution is -2.41. The van der Waals surface area contributed by atoms with Crippen LogP contribution in [0.3, 0.4) is 0 Å². The zero-order chi connectivity index (χ0) is 35.3. The fourth-order valence-corrected chi connectivity index (χ4v) is 8.47. The van der Waals surface area contributed by atoms with Crippen LogP contribution in [0.4, 0.5) is 4.79 Å². The van der Waals surface area contributed by atoms with Crippen molar-refractivity contribution < 1.29 is 33.7 Å². The number of para-hydroxylation sites is 1. The zero-order valence-corrected chi connectivity index (χ0v) is 29.5. The van der Waals surface area contributed by atoms with Gasteiger partial charge in [-0.3, -0.25) is 14.5 Å². The maximum absolute atomic E-state index is 13.1. The lowest BCUT2D eigenvalue weighted by Gasteiger charge is -2.41. The van der Waals surface area contributed by atoms with Gasteiger partial charge in [0.15, 0.2) is 10.6 Å². The number of aliphatic hydroxyl groups is 1. The number of aromatic nitrogens is 1. The molecule has 0 spiro atoms. The molecule has 0 radical (unpaired) electrons. The summed E-state index contributed by atoms with van der Waals surface area (Å²) in [5, 5.41) is 12.1. The number of thiazole rings is 1. The van der Waals surface area contributed by atoms with Crippen LogP contribution in [0.1, 0.15) is 53.6 Å². The van der Waals surface area contributed by atoms with Gasteiger partial charge in [0.1, 0.15) is 12.6 Å². The van der Waals surface area contributed by atoms with Crippen LogP contribution in [-0.4, -0.2) is 50.8 Å². The second-order valence-electron chi connectivity index (χ2n) is 12.6. The molecule has 5 atom stereocenters. The number of imide groups is 1. The third-order valence-corrected chi connectivity index (χ3v) is 11.4. The lowest BCUT2D eigenvalue weighted by atomic mass is 9.91. The quantitative estimate of drug-likeness (QED) is 0.110. The van der Waals surface area contributed by atoms with Crippen molar-refractivity contribution in [3.63, 3.8) is 0 Å². The number of thioether (sulfide) groups is 1. The predicted octanol–water partition coefficient (Wildman–Crippen LogP) is 6.93. The number of ether oxygens (including phenoxy) is 3. The third-order valence-electron chi connectivity index (χ3n) is 9.11. The van der Waals surface area contributed by atoms with Gasteiger partial charge in [-0.2, -0.15) is 0 Å². The van der Waals surface area contributed by atoms with E-state index in [9.17, 15) is 19.5 Å². The van der Waals surface area contributed by atoms with Gasteiger partial charge in [-0.1, -0.05) is 110 Å². The molecule has 3 amide bonds. The number of rotatable bonds is 11. The molecule has 2 saturated heterocycles. The van der Waals surface area contributed by atoms with Crippen LogP contribution in [-0.2, 0) is 43.6 Å². The van der Waals surface area contributed by atoms with Crippen LogP contribution >= 0.6 is 23.1 Å². The molecule has 0 aliphatic carbocycles. The minimum absolute atomic E-state index is 0.0201. The molecule has 12 heteroatoms. The van der Waals surface area contributed by atoms with Crippen molar-refractivity contribution >= 4 is 51.2 Å². The fourth-order valence-electron chi connectivity index (χ4n) is 6.21. The van der Waals surface area contributed by atoms with Gasteiger partial charge < -0.3 is 24.6 Å². The summed E-state index contributed by atoms with van der Waals surface area (Å²) in [6.45, 7) is 2.22. The first-order valence-corrected chi connectivity index (χ1v) is 18.5. The molecule has 10 nitrogen and oxygen atoms in total. The van der Waals surface area contributed by atoms with Crippen LogP contribution in [0.15, 0.2) is 107 Å². The number of carbonyl (C=O) groups is 3. The van der Waals surface area contributed by atoms with Crippen molar-refractivity contribution in [2.75, 3.05) is 5.75 Å². The molecule has 2 aliphatic heterocycles. The normalized spacial score (nSPS) is 22.0. The van der Waals surface area contributed by atoms with Crippen molar-refractivity contribution in [2.45, 2.75) is 62.0 Å². The first kappa shape index (κ1) is 34.8. The first-order valence-electron chi connectivity index (χ1n) is 16.7. The number of amides is 3. The number of aliphatic hydroxyl groups excluding tert-OH is 1. The number of benzene rings is 4. The van der Waals surface area contributed by atoms with Crippen LogP contribution in [0.25, 0.3) is 10.2 Å². The summed E-state index contributed by atoms with van der Waals surface area (Å²) in [4.78, 5) is 44.2. The van der Waals surface area contributed by atoms with Gasteiger partial charge in [-0.25, -0.2) is 9.78 Å². The van der Waals surface area contributed by atoms with E-state index in [-0.39, 0.29) is 50.2 Å². The number of hydrogen-bond acceptors (Lipinski definition) is 10. The van der Waals surface area contributed by atoms with E-state index in [0.29, 0.717) is 5.75 Å². The molecule has 1 unspecified atom stereocenters. The molecule has 0 bridgehead atoms. The zero-order valence-electron chi connectivity index (χ0n) is 27.8. The number of fused-ring (bicyclic) bond motifs is 1. The molecule has 2 fully saturated rings. The minimum Gasteiger partial charge on any atom is -0.445 e. The Bertz CT molecular complexity index is 1950. The standard InChI is InChI=1S/C39H37N3O7S2/c1-24-32(23-50-39-41-30-9-5-6-10-33(30)51-39)48-37(49-35(24)28-15-13-26(21-43)14-16-28)29-17-11-25(12-18-29)20-42-34(44)19-31(36(42)45)40-38(46)47-22-27-7-3-2-4-8-27/h2-18,24,31-32,35,37,43H,19-23H2,1H3,(H,40,46)/t24-,31?,32+,35+,37+/m1/s1. The molecule has 3 heterocycles. The molecule has 4 aromatic carbocycles. The summed E-state index contributed by atoms with van der Waals surface area (Å²) >= 11 is 3.34. The molecular weight excluding hydrogens is 687 g/mol. The second kappa shape index (κ2) is 15.7. The molecule has 51 heavy (non-hydrogen) atoms. The smallest absolute Gasteiger partial charge is 0.408 e. The number of carbonyl (C=O) groups excluding carboxylic acids is 3. The number of nitrogens with one attached hydrogen (secondary N) is 1. The highest BCUT2D eigenvalue weighted by molar-refractivity contribution is 8.01. The Morgan fingerprint density at radius 2 is 1.63 bits per heavy atom. The molecule has 5 aromatic rings. The van der Waals surface area contributed by atoms with Crippen molar-refractivity contribution in [1.29, 1.82) is 0 Å². The van der Waals surface area contributed by atoms with Gasteiger partial charge in [-0.15, -0.1) is 11.3 Å². The third kappa shape index (κ3) is 8.16. The maximum atomic E-state index is 13.1. The summed E-state index contributed by atoms with van der Waals surface area (Å²) in [6.07, 6.45) is -1.97. The van der Waals surface area contributed by atoms with Crippen LogP contribution < -0.4 is 5.32 Å². The molecule has 1 aromatic heterocycles. The van der Waals surface area contributed by atoms with Gasteiger partial charge in [-0.05, 0) is 34.4 Å². The van der Waals surface area contributed by atoms with Crippen LogP contribution in [0, 0.1) is 5.92 Å². The maximum Gasteiger partial charge on any atom is 0.408 e. The molecule has 2 N–H and O–H groups in total. The Hall–Kier alpha value is -4.59. The Morgan fingerprint density at radius 1 is 0.922 bits per heavy atom. The Kier molecular flexibility index (Phi) is 10.8. The first-order chi connectivity index (χ1) is 24.8. The molecular formula is C39H37N3O7S2. The second-order valence-corrected chi connectivity index (χ2v) is 14.9. The number of hydrogen-bond donors (Lipinski definition) is 2. The molecule has 7 rings (SSSR count). The molecule has 2 aliphatic rings. The van der Waals surface area contributed by atoms with Crippen molar-refractivity contribution in [2.24, 2.45) is 5.92 Å². The minimum atomic E-state index is -0.980. The van der Waals surface area contributed by atoms with E-state index in [1.165, 1.54) is 0 Å². The average Bonchev–Trinajstić information content (AvgIpc) is 3.70. The average molecular weight is 724 g/mol. The number of alkyl carbamates (subject to hydrolysis) is 1. The van der Waals surface area contributed by atoms with Gasteiger partial charge in [0.2, 0.25) is 5.91 Å². The van der Waals surface area contributed by atoms with Crippen molar-refractivity contribution in [1.82, 2.24) is 15.2 Å². The summed E-state index contributed by atoms with van der Waals surface area (Å²) < 4.78 is 20.6. The van der Waals surface area contributed by atoms with Crippen molar-refractivity contribution in [3.8, 4) is 0 Å². The number of likely N-dealkylation sites (tertiary alicyclic amines) is 1. The predicted molar refractivity (Wildman–Crippen MR) is 193 cm³/mol. The topological polar surface area (TPSA) is 127 Å². The Morgan fingerprint density at radius 3 is 2.37 bits per heavy atom. The van der Waals surface area contributed by atoms with Gasteiger partial charge >= 0.3 is 6.09 Å². The Balaban J connectivity index is 1.01. The monoisotopic (exact) mass is 723 g/mol. The van der Waals surface area contributed by atoms with Crippen LogP contribution in [0.5, 0.6) is 0 Å². The highest BCUT2D eigenvalue weighted by Crippen LogP contribution is 2.43. The van der Waals surface area contributed by atoms with E-state index in [4.69, 9.17) is 19.2 Å². The highest BCUT2D eigenvalue weighted by Gasteiger charge is 2.40. The van der Waals surface area contributed by atoms with E-state index in [0.717, 1.165) is 47.3 Å². The molecule has 262 valence electrons. The summed E-state index contributed by atoms with van der Waals surface area (Å²) in [6, 6.07) is 31.6. The summed E-state index contributed by atoms with van der Waals surface area (Å²) in [5.74, 6) is -0.143. The van der Waals surface area contributed by atoms with Gasteiger partial charge in [0.05, 0.1) is 42.0 Å². The fraction of sp³-hybridized carbons (Fsp3) is 0.282. The lowest BCUT2D eigenvalue weighted by molar-refractivity contribution is -0.268. The van der Waals surface area contributed by atoms with E-state index < -0.39 is 24.3 Å². The van der Waals surface area contributed by atoms with Crippen LogP contribution in [0.2, 0.25) is 0 Å². The summed E-state index contributed by atoms with van der Waals surface area (Å²) in [5.41, 5.74) is 5.17. The van der Waals surface area contributed by atoms with Gasteiger partial charge in [0.25, 0.3) is 5.91 Å². The van der Waals surface area contributed by atoms with E-state index in [1.54, 1.807) is 23.1 Å². The van der Waals surface area contributed by atoms with Gasteiger partial charge in [0, 0.05) is 17.2 Å². The Labute approximate surface area is 303 Å². The largest absolute Gasteiger partial charge is 0.445 e. The SMILES string of the molecule is C[C@@H]1[C@H](CSc2nc3ccccc3s2)O[C@H](c2ccc(CN3C(=O)CC(NC(=O)OCc4ccccc4)C3=O)cc2)O[C@@H]1c1ccc(CO)cc1. The van der Waals surface area contributed by atoms with Crippen molar-refractivity contribution in [3.05, 3.63) is 131 Å². The van der Waals surface area contributed by atoms with E-state index >= 15 is 0 Å². The number of nitrogens with zero attached hydrogens (tertiary/aromatic N) is 2. The highest BCUT2D eigenvalue weighted by atomic mass is 32.2.